The van der Waals surface area contributed by atoms with Crippen LogP contribution >= 0.6 is 11.3 Å². The summed E-state index contributed by atoms with van der Waals surface area (Å²) in [6, 6.07) is 0. The zero-order chi connectivity index (χ0) is 9.97. The topological polar surface area (TPSA) is 54.6 Å². The Kier molecular flexibility index (Phi) is 2.49. The Hall–Kier alpha value is -1.36. The van der Waals surface area contributed by atoms with Crippen LogP contribution in [-0.4, -0.2) is 20.5 Å². The van der Waals surface area contributed by atoms with E-state index >= 15 is 0 Å². The van der Waals surface area contributed by atoms with Gasteiger partial charge in [-0.05, 0) is 12.8 Å². The first-order valence-electron chi connectivity index (χ1n) is 4.39. The van der Waals surface area contributed by atoms with E-state index in [1.54, 1.807) is 17.5 Å². The number of carbonyl (C=O) groups is 1. The lowest BCUT2D eigenvalue weighted by molar-refractivity contribution is -0.137. The van der Waals surface area contributed by atoms with Crippen molar-refractivity contribution >= 4 is 22.3 Å². The number of fused-ring (bicyclic) bond motifs is 1. The number of thiazole rings is 1. The second kappa shape index (κ2) is 3.79. The molecule has 14 heavy (non-hydrogen) atoms. The highest BCUT2D eigenvalue weighted by Crippen LogP contribution is 2.17. The Bertz CT molecular complexity index is 418. The molecule has 0 amide bonds. The zero-order valence-electron chi connectivity index (χ0n) is 7.51. The molecule has 5 heteroatoms. The fourth-order valence-electron chi connectivity index (χ4n) is 1.30. The quantitative estimate of drug-likeness (QED) is 0.837. The Labute approximate surface area is 84.8 Å². The lowest BCUT2D eigenvalue weighted by Crippen LogP contribution is -1.94. The highest BCUT2D eigenvalue weighted by molar-refractivity contribution is 7.17. The van der Waals surface area contributed by atoms with E-state index in [9.17, 15) is 4.79 Å². The van der Waals surface area contributed by atoms with E-state index in [1.807, 2.05) is 16.8 Å². The molecule has 2 aromatic rings. The number of aliphatic carboxylic acids is 1. The van der Waals surface area contributed by atoms with Crippen molar-refractivity contribution < 1.29 is 9.90 Å². The summed E-state index contributed by atoms with van der Waals surface area (Å²) in [4.78, 5) is 16.6. The largest absolute Gasteiger partial charge is 0.481 e. The van der Waals surface area contributed by atoms with Gasteiger partial charge in [-0.25, -0.2) is 4.98 Å². The summed E-state index contributed by atoms with van der Waals surface area (Å²) in [5.41, 5.74) is 0. The van der Waals surface area contributed by atoms with Gasteiger partial charge in [0.15, 0.2) is 4.96 Å². The van der Waals surface area contributed by atoms with Gasteiger partial charge in [0.1, 0.15) is 0 Å². The molecule has 0 spiro atoms. The van der Waals surface area contributed by atoms with Crippen molar-refractivity contribution in [1.82, 2.24) is 9.38 Å². The van der Waals surface area contributed by atoms with Crippen molar-refractivity contribution in [3.63, 3.8) is 0 Å². The molecule has 0 unspecified atom stereocenters. The summed E-state index contributed by atoms with van der Waals surface area (Å²) in [5, 5.41) is 8.48. The Morgan fingerprint density at radius 1 is 1.64 bits per heavy atom. The van der Waals surface area contributed by atoms with Gasteiger partial charge in [0.25, 0.3) is 0 Å². The van der Waals surface area contributed by atoms with E-state index in [4.69, 9.17) is 5.11 Å². The van der Waals surface area contributed by atoms with Gasteiger partial charge in [-0.2, -0.15) is 0 Å². The van der Waals surface area contributed by atoms with Crippen molar-refractivity contribution in [3.8, 4) is 0 Å². The first-order valence-corrected chi connectivity index (χ1v) is 5.20. The molecule has 2 rings (SSSR count). The van der Waals surface area contributed by atoms with Gasteiger partial charge in [0.2, 0.25) is 0 Å². The third-order valence-corrected chi connectivity index (χ3v) is 3.02. The van der Waals surface area contributed by atoms with E-state index in [0.717, 1.165) is 11.4 Å². The smallest absolute Gasteiger partial charge is 0.303 e. The Morgan fingerprint density at radius 3 is 3.21 bits per heavy atom. The minimum atomic E-state index is -0.730. The monoisotopic (exact) mass is 210 g/mol. The van der Waals surface area contributed by atoms with Crippen LogP contribution in [-0.2, 0) is 11.2 Å². The third-order valence-electron chi connectivity index (χ3n) is 1.95. The number of aryl methyl sites for hydroxylation is 1. The fraction of sp³-hybridized carbons (Fsp3) is 0.333. The highest BCUT2D eigenvalue weighted by atomic mass is 32.1. The molecule has 2 heterocycles. The van der Waals surface area contributed by atoms with Gasteiger partial charge in [-0.3, -0.25) is 9.20 Å². The molecule has 0 aliphatic carbocycles. The summed E-state index contributed by atoms with van der Waals surface area (Å²) < 4.78 is 1.96. The zero-order valence-corrected chi connectivity index (χ0v) is 8.33. The molecule has 0 saturated heterocycles. The first kappa shape index (κ1) is 9.21. The van der Waals surface area contributed by atoms with Crippen LogP contribution in [0.15, 0.2) is 18.6 Å². The Morgan fingerprint density at radius 2 is 2.50 bits per heavy atom. The van der Waals surface area contributed by atoms with Gasteiger partial charge in [-0.1, -0.05) is 0 Å². The van der Waals surface area contributed by atoms with Gasteiger partial charge in [0, 0.05) is 29.9 Å². The van der Waals surface area contributed by atoms with Crippen LogP contribution in [0.5, 0.6) is 0 Å². The molecular weight excluding hydrogens is 200 g/mol. The normalized spacial score (nSPS) is 10.9. The minimum Gasteiger partial charge on any atom is -0.481 e. The van der Waals surface area contributed by atoms with Crippen LogP contribution in [0.2, 0.25) is 0 Å². The second-order valence-corrected chi connectivity index (χ2v) is 4.16. The number of nitrogens with zero attached hydrogens (tertiary/aromatic N) is 2. The molecule has 0 atom stereocenters. The van der Waals surface area contributed by atoms with Crippen LogP contribution in [0.1, 0.15) is 17.7 Å². The average molecular weight is 210 g/mol. The fourth-order valence-corrected chi connectivity index (χ4v) is 2.28. The highest BCUT2D eigenvalue weighted by Gasteiger charge is 2.03. The molecule has 0 aromatic carbocycles. The van der Waals surface area contributed by atoms with Gasteiger partial charge in [-0.15, -0.1) is 11.3 Å². The lowest BCUT2D eigenvalue weighted by atomic mass is 10.2. The van der Waals surface area contributed by atoms with E-state index in [2.05, 4.69) is 4.98 Å². The maximum absolute atomic E-state index is 10.3. The number of carboxylic acids is 1. The molecule has 4 nitrogen and oxygen atoms in total. The molecule has 0 saturated carbocycles. The Balaban J connectivity index is 1.98. The van der Waals surface area contributed by atoms with Gasteiger partial charge in [0.05, 0.1) is 0 Å². The van der Waals surface area contributed by atoms with Gasteiger partial charge >= 0.3 is 5.97 Å². The summed E-state index contributed by atoms with van der Waals surface area (Å²) in [5.74, 6) is -0.730. The van der Waals surface area contributed by atoms with Crippen molar-refractivity contribution in [2.45, 2.75) is 19.3 Å². The SMILES string of the molecule is O=C(O)CCCc1cn2ccnc2s1. The number of imidazole rings is 1. The van der Waals surface area contributed by atoms with E-state index < -0.39 is 5.97 Å². The van der Waals surface area contributed by atoms with Crippen molar-refractivity contribution in [2.75, 3.05) is 0 Å². The van der Waals surface area contributed by atoms with Crippen LogP contribution in [0, 0.1) is 0 Å². The summed E-state index contributed by atoms with van der Waals surface area (Å²) >= 11 is 1.61. The van der Waals surface area contributed by atoms with Crippen LogP contribution in [0.25, 0.3) is 4.96 Å². The standard InChI is InChI=1S/C9H10N2O2S/c12-8(13)3-1-2-7-6-11-5-4-10-9(11)14-7/h4-6H,1-3H2,(H,12,13). The summed E-state index contributed by atoms with van der Waals surface area (Å²) in [6.07, 6.45) is 7.41. The van der Waals surface area contributed by atoms with Crippen LogP contribution < -0.4 is 0 Å². The van der Waals surface area contributed by atoms with Crippen LogP contribution in [0.4, 0.5) is 0 Å². The predicted molar refractivity (Wildman–Crippen MR) is 53.6 cm³/mol. The number of rotatable bonds is 4. The molecule has 1 N–H and O–H groups in total. The first-order chi connectivity index (χ1) is 6.75. The van der Waals surface area contributed by atoms with E-state index in [1.165, 1.54) is 4.88 Å². The van der Waals surface area contributed by atoms with E-state index in [-0.39, 0.29) is 6.42 Å². The lowest BCUT2D eigenvalue weighted by Gasteiger charge is -1.92. The molecule has 0 bridgehead atoms. The van der Waals surface area contributed by atoms with E-state index in [0.29, 0.717) is 6.42 Å². The number of carboxylic acid groups (broad SMARTS) is 1. The molecule has 74 valence electrons. The minimum absolute atomic E-state index is 0.236. The molecule has 0 aliphatic rings. The van der Waals surface area contributed by atoms with Crippen molar-refractivity contribution in [1.29, 1.82) is 0 Å². The molecule has 0 radical (unpaired) electrons. The summed E-state index contributed by atoms with van der Waals surface area (Å²) in [7, 11) is 0. The number of aromatic nitrogens is 2. The average Bonchev–Trinajstić information content (AvgIpc) is 2.62. The van der Waals surface area contributed by atoms with Gasteiger partial charge < -0.3 is 5.11 Å². The number of hydrogen-bond donors (Lipinski definition) is 1. The molecular formula is C9H10N2O2S. The van der Waals surface area contributed by atoms with Crippen LogP contribution in [0.3, 0.4) is 0 Å². The maximum Gasteiger partial charge on any atom is 0.303 e. The molecule has 0 fully saturated rings. The second-order valence-electron chi connectivity index (χ2n) is 3.06. The maximum atomic E-state index is 10.3. The molecule has 2 aromatic heterocycles. The van der Waals surface area contributed by atoms with Crippen molar-refractivity contribution in [3.05, 3.63) is 23.5 Å². The predicted octanol–water partition coefficient (Wildman–Crippen LogP) is 1.80. The number of hydrogen-bond acceptors (Lipinski definition) is 3. The third kappa shape index (κ3) is 1.93. The van der Waals surface area contributed by atoms with Crippen molar-refractivity contribution in [2.24, 2.45) is 0 Å². The molecule has 0 aliphatic heterocycles. The summed E-state index contributed by atoms with van der Waals surface area (Å²) in [6.45, 7) is 0.